The van der Waals surface area contributed by atoms with E-state index in [1.807, 2.05) is 38.1 Å². The lowest BCUT2D eigenvalue weighted by molar-refractivity contribution is 0.419. The van der Waals surface area contributed by atoms with E-state index in [1.54, 1.807) is 0 Å². The van der Waals surface area contributed by atoms with Crippen molar-refractivity contribution in [2.45, 2.75) is 19.4 Å². The van der Waals surface area contributed by atoms with Crippen molar-refractivity contribution >= 4 is 31.6 Å². The molecule has 2 rings (SSSR count). The molecule has 1 saturated heterocycles. The van der Waals surface area contributed by atoms with Crippen LogP contribution >= 0.6 is 15.9 Å². The molecule has 18 heavy (non-hydrogen) atoms. The molecule has 6 heteroatoms. The molecule has 0 aromatic heterocycles. The number of halogens is 1. The summed E-state index contributed by atoms with van der Waals surface area (Å²) in [5, 5.41) is 3.26. The van der Waals surface area contributed by atoms with Gasteiger partial charge in [0, 0.05) is 16.6 Å². The Balaban J connectivity index is 2.44. The van der Waals surface area contributed by atoms with E-state index >= 15 is 0 Å². The summed E-state index contributed by atoms with van der Waals surface area (Å²) in [6, 6.07) is 7.39. The van der Waals surface area contributed by atoms with Crippen LogP contribution in [0.5, 0.6) is 0 Å². The molecule has 1 aliphatic heterocycles. The zero-order chi connectivity index (χ0) is 13.4. The molecule has 0 saturated carbocycles. The second-order valence-corrected chi connectivity index (χ2v) is 8.04. The summed E-state index contributed by atoms with van der Waals surface area (Å²) in [6.07, 6.45) is 0. The minimum atomic E-state index is -3.25. The van der Waals surface area contributed by atoms with Gasteiger partial charge in [-0.25, -0.2) is 8.42 Å². The van der Waals surface area contributed by atoms with Crippen LogP contribution < -0.4 is 9.62 Å². The molecule has 1 aliphatic rings. The third-order valence-electron chi connectivity index (χ3n) is 2.93. The molecule has 100 valence electrons. The zero-order valence-electron chi connectivity index (χ0n) is 10.5. The third kappa shape index (κ3) is 3.05. The van der Waals surface area contributed by atoms with E-state index in [2.05, 4.69) is 21.2 Å². The van der Waals surface area contributed by atoms with Crippen molar-refractivity contribution in [2.75, 3.05) is 23.1 Å². The summed E-state index contributed by atoms with van der Waals surface area (Å²) in [7, 11) is -3.25. The lowest BCUT2D eigenvalue weighted by Gasteiger charge is -2.30. The molecule has 0 spiro atoms. The van der Waals surface area contributed by atoms with Crippen LogP contribution in [0.4, 0.5) is 5.69 Å². The summed E-state index contributed by atoms with van der Waals surface area (Å²) in [5.41, 5.74) is 0.479. The van der Waals surface area contributed by atoms with Crippen LogP contribution in [0.1, 0.15) is 13.8 Å². The molecule has 0 radical (unpaired) electrons. The second-order valence-electron chi connectivity index (χ2n) is 5.11. The SMILES string of the molecule is CC1(C)CN(c2cccc(Br)c2)S(=O)(=O)CCN1. The number of hydrogen-bond donors (Lipinski definition) is 1. The van der Waals surface area contributed by atoms with E-state index in [-0.39, 0.29) is 11.3 Å². The Morgan fingerprint density at radius 1 is 1.39 bits per heavy atom. The predicted octanol–water partition coefficient (Wildman–Crippen LogP) is 1.97. The summed E-state index contributed by atoms with van der Waals surface area (Å²) < 4.78 is 26.9. The highest BCUT2D eigenvalue weighted by Gasteiger charge is 2.32. The van der Waals surface area contributed by atoms with Gasteiger partial charge in [0.05, 0.1) is 18.0 Å². The number of benzene rings is 1. The zero-order valence-corrected chi connectivity index (χ0v) is 12.9. The van der Waals surface area contributed by atoms with E-state index in [4.69, 9.17) is 0 Å². The minimum Gasteiger partial charge on any atom is -0.309 e. The number of sulfonamides is 1. The van der Waals surface area contributed by atoms with Gasteiger partial charge in [0.15, 0.2) is 0 Å². The van der Waals surface area contributed by atoms with Crippen molar-refractivity contribution in [1.82, 2.24) is 5.32 Å². The number of nitrogens with zero attached hydrogens (tertiary/aromatic N) is 1. The summed E-state index contributed by atoms with van der Waals surface area (Å²) in [5.74, 6) is 0.128. The van der Waals surface area contributed by atoms with Gasteiger partial charge in [0.25, 0.3) is 0 Å². The molecule has 0 bridgehead atoms. The van der Waals surface area contributed by atoms with Crippen molar-refractivity contribution in [3.63, 3.8) is 0 Å². The lowest BCUT2D eigenvalue weighted by Crippen LogP contribution is -2.47. The van der Waals surface area contributed by atoms with Crippen LogP contribution in [0.3, 0.4) is 0 Å². The minimum absolute atomic E-state index is 0.128. The first-order valence-electron chi connectivity index (χ1n) is 5.81. The normalized spacial score (nSPS) is 22.5. The van der Waals surface area contributed by atoms with Crippen LogP contribution in [0.15, 0.2) is 28.7 Å². The van der Waals surface area contributed by atoms with Crippen LogP contribution in [0.25, 0.3) is 0 Å². The van der Waals surface area contributed by atoms with Crippen LogP contribution in [0.2, 0.25) is 0 Å². The van der Waals surface area contributed by atoms with Crippen molar-refractivity contribution in [2.24, 2.45) is 0 Å². The third-order valence-corrected chi connectivity index (χ3v) is 5.16. The van der Waals surface area contributed by atoms with E-state index < -0.39 is 10.0 Å². The van der Waals surface area contributed by atoms with Gasteiger partial charge in [-0.1, -0.05) is 22.0 Å². The topological polar surface area (TPSA) is 49.4 Å². The van der Waals surface area contributed by atoms with Crippen molar-refractivity contribution in [3.8, 4) is 0 Å². The fourth-order valence-electron chi connectivity index (χ4n) is 2.03. The monoisotopic (exact) mass is 332 g/mol. The molecule has 1 heterocycles. The van der Waals surface area contributed by atoms with Gasteiger partial charge in [-0.05, 0) is 32.0 Å². The lowest BCUT2D eigenvalue weighted by atomic mass is 10.1. The van der Waals surface area contributed by atoms with Gasteiger partial charge in [0.2, 0.25) is 10.0 Å². The highest BCUT2D eigenvalue weighted by atomic mass is 79.9. The Bertz CT molecular complexity index is 543. The van der Waals surface area contributed by atoms with Crippen LogP contribution in [0, 0.1) is 0 Å². The van der Waals surface area contributed by atoms with Gasteiger partial charge in [-0.15, -0.1) is 0 Å². The van der Waals surface area contributed by atoms with Crippen molar-refractivity contribution in [3.05, 3.63) is 28.7 Å². The second kappa shape index (κ2) is 4.83. The average Bonchev–Trinajstić information content (AvgIpc) is 2.35. The van der Waals surface area contributed by atoms with Gasteiger partial charge in [0.1, 0.15) is 0 Å². The van der Waals surface area contributed by atoms with E-state index in [0.29, 0.717) is 18.8 Å². The Hall–Kier alpha value is -0.590. The molecule has 0 amide bonds. The molecule has 1 fully saturated rings. The Morgan fingerprint density at radius 3 is 2.78 bits per heavy atom. The number of rotatable bonds is 1. The smallest absolute Gasteiger partial charge is 0.236 e. The highest BCUT2D eigenvalue weighted by molar-refractivity contribution is 9.10. The molecular weight excluding hydrogens is 316 g/mol. The van der Waals surface area contributed by atoms with E-state index in [9.17, 15) is 8.42 Å². The van der Waals surface area contributed by atoms with Gasteiger partial charge in [-0.3, -0.25) is 4.31 Å². The van der Waals surface area contributed by atoms with Crippen LogP contribution in [-0.2, 0) is 10.0 Å². The Morgan fingerprint density at radius 2 is 2.11 bits per heavy atom. The number of anilines is 1. The first-order valence-corrected chi connectivity index (χ1v) is 8.21. The first kappa shape index (κ1) is 13.8. The quantitative estimate of drug-likeness (QED) is 0.855. The fourth-order valence-corrected chi connectivity index (χ4v) is 3.95. The molecule has 4 nitrogen and oxygen atoms in total. The maximum absolute atomic E-state index is 12.3. The summed E-state index contributed by atoms with van der Waals surface area (Å²) >= 11 is 3.38. The van der Waals surface area contributed by atoms with Crippen LogP contribution in [-0.4, -0.2) is 32.8 Å². The van der Waals surface area contributed by atoms with Crippen molar-refractivity contribution < 1.29 is 8.42 Å². The maximum Gasteiger partial charge on any atom is 0.236 e. The molecule has 0 aliphatic carbocycles. The highest BCUT2D eigenvalue weighted by Crippen LogP contribution is 2.25. The molecule has 1 aromatic carbocycles. The maximum atomic E-state index is 12.3. The Kier molecular flexibility index (Phi) is 3.71. The standard InChI is InChI=1S/C12H17BrN2O2S/c1-12(2)9-15(18(16,17)7-6-14-12)11-5-3-4-10(13)8-11/h3-5,8,14H,6-7,9H2,1-2H3. The molecule has 0 unspecified atom stereocenters. The average molecular weight is 333 g/mol. The van der Waals surface area contributed by atoms with Gasteiger partial charge < -0.3 is 5.32 Å². The predicted molar refractivity (Wildman–Crippen MR) is 77.4 cm³/mol. The van der Waals surface area contributed by atoms with Crippen molar-refractivity contribution in [1.29, 1.82) is 0 Å². The fraction of sp³-hybridized carbons (Fsp3) is 0.500. The largest absolute Gasteiger partial charge is 0.309 e. The summed E-state index contributed by atoms with van der Waals surface area (Å²) in [4.78, 5) is 0. The molecule has 1 aromatic rings. The Labute approximate surface area is 117 Å². The molecule has 0 atom stereocenters. The summed E-state index contributed by atoms with van der Waals surface area (Å²) in [6.45, 7) is 4.95. The molecular formula is C12H17BrN2O2S. The van der Waals surface area contributed by atoms with Gasteiger partial charge >= 0.3 is 0 Å². The molecule has 1 N–H and O–H groups in total. The number of nitrogens with one attached hydrogen (secondary N) is 1. The van der Waals surface area contributed by atoms with E-state index in [1.165, 1.54) is 4.31 Å². The van der Waals surface area contributed by atoms with Gasteiger partial charge in [-0.2, -0.15) is 0 Å². The number of hydrogen-bond acceptors (Lipinski definition) is 3. The first-order chi connectivity index (χ1) is 8.30. The van der Waals surface area contributed by atoms with E-state index in [0.717, 1.165) is 4.47 Å².